The van der Waals surface area contributed by atoms with Gasteiger partial charge in [0.2, 0.25) is 5.91 Å². The third-order valence-electron chi connectivity index (χ3n) is 12.2. The molecular weight excluding hydrogens is 865 g/mol. The van der Waals surface area contributed by atoms with Crippen LogP contribution in [0.15, 0.2) is 83.1 Å². The van der Waals surface area contributed by atoms with E-state index in [9.17, 15) is 35.2 Å². The Bertz CT molecular complexity index is 2720. The quantitative estimate of drug-likeness (QED) is 0.135. The first-order valence-electron chi connectivity index (χ1n) is 21.6. The van der Waals surface area contributed by atoms with E-state index in [2.05, 4.69) is 50.7 Å². The van der Waals surface area contributed by atoms with E-state index < -0.39 is 44.3 Å². The summed E-state index contributed by atoms with van der Waals surface area (Å²) in [6.45, 7) is 13.9. The molecule has 0 bridgehead atoms. The van der Waals surface area contributed by atoms with E-state index >= 15 is 0 Å². The minimum atomic E-state index is -3.95. The SMILES string of the molecule is CC(C)(C)c1nc2cc(S(=O)(=O)n3ccc(C(=O)O)c3)ccc2n1CC1CCC(F)CC1.CC(C)(C)c1nc2cc(S(=O)(=O)n3ccc(C(N)=O)c3)ccc2n1CC1CCC(F)CC1. The Morgan fingerprint density at radius 1 is 0.641 bits per heavy atom. The first kappa shape index (κ1) is 46.6. The number of carboxylic acid groups (broad SMARTS) is 1. The van der Waals surface area contributed by atoms with Crippen molar-refractivity contribution >= 4 is 54.0 Å². The number of fused-ring (bicyclic) bond motifs is 2. The third kappa shape index (κ3) is 9.67. The average molecular weight is 922 g/mol. The van der Waals surface area contributed by atoms with E-state index in [0.717, 1.165) is 75.6 Å². The predicted molar refractivity (Wildman–Crippen MR) is 240 cm³/mol. The maximum Gasteiger partial charge on any atom is 0.337 e. The number of hydrogen-bond donors (Lipinski definition) is 2. The van der Waals surface area contributed by atoms with Gasteiger partial charge in [0.15, 0.2) is 0 Å². The van der Waals surface area contributed by atoms with E-state index in [4.69, 9.17) is 20.8 Å². The molecule has 2 aromatic carbocycles. The second-order valence-corrected chi connectivity index (χ2v) is 23.0. The molecule has 2 aliphatic carbocycles. The van der Waals surface area contributed by atoms with Gasteiger partial charge in [-0.3, -0.25) is 4.79 Å². The van der Waals surface area contributed by atoms with Crippen LogP contribution in [-0.2, 0) is 44.0 Å². The van der Waals surface area contributed by atoms with Gasteiger partial charge in [0, 0.05) is 48.7 Å². The van der Waals surface area contributed by atoms with Crippen molar-refractivity contribution in [2.45, 2.75) is 139 Å². The molecule has 1 amide bonds. The molecule has 0 unspecified atom stereocenters. The molecule has 6 aromatic rings. The van der Waals surface area contributed by atoms with E-state index in [1.165, 1.54) is 42.9 Å². The Morgan fingerprint density at radius 3 is 1.34 bits per heavy atom. The number of primary amides is 1. The highest BCUT2D eigenvalue weighted by Crippen LogP contribution is 2.35. The molecule has 344 valence electrons. The van der Waals surface area contributed by atoms with Crippen LogP contribution in [0.25, 0.3) is 22.1 Å². The van der Waals surface area contributed by atoms with Crippen molar-refractivity contribution in [1.82, 2.24) is 27.0 Å². The van der Waals surface area contributed by atoms with Gasteiger partial charge < -0.3 is 20.0 Å². The number of nitrogens with two attached hydrogens (primary N) is 1. The summed E-state index contributed by atoms with van der Waals surface area (Å²) in [5.74, 6) is 0.587. The standard InChI is InChI=1S/C23H29FN4O3S.C23H28FN3O4S/c1-23(2,3)22-26-19-12-18(32(30,31)27-11-10-16(14-27)21(25)29)8-9-20(19)28(22)13-15-4-6-17(24)7-5-15;1-23(2,3)22-25-19-12-18(32(30,31)26-11-10-16(14-26)21(28)29)8-9-20(19)27(22)13-15-4-6-17(24)7-5-15/h8-12,14-15,17H,4-7,13H2,1-3H3,(H2,25,29);8-12,14-15,17H,4-7,13H2,1-3H3,(H,28,29). The molecule has 0 aliphatic heterocycles. The van der Waals surface area contributed by atoms with Gasteiger partial charge in [-0.2, -0.15) is 0 Å². The minimum Gasteiger partial charge on any atom is -0.478 e. The number of halogens is 2. The Balaban J connectivity index is 0.000000191. The number of amides is 1. The van der Waals surface area contributed by atoms with Gasteiger partial charge in [0.1, 0.15) is 24.0 Å². The zero-order chi connectivity index (χ0) is 46.5. The molecule has 4 heterocycles. The topological polar surface area (TPSA) is 194 Å². The van der Waals surface area contributed by atoms with Gasteiger partial charge in [-0.05, 0) is 112 Å². The summed E-state index contributed by atoms with van der Waals surface area (Å²) in [4.78, 5) is 32.2. The largest absolute Gasteiger partial charge is 0.478 e. The van der Waals surface area contributed by atoms with Crippen LogP contribution in [0.2, 0.25) is 0 Å². The van der Waals surface area contributed by atoms with Gasteiger partial charge in [-0.25, -0.2) is 48.3 Å². The molecule has 18 heteroatoms. The number of aromatic carboxylic acids is 1. The molecule has 2 saturated carbocycles. The van der Waals surface area contributed by atoms with Crippen LogP contribution in [0.1, 0.15) is 125 Å². The Morgan fingerprint density at radius 2 is 1.02 bits per heavy atom. The second kappa shape index (κ2) is 17.6. The number of imidazole rings is 2. The van der Waals surface area contributed by atoms with Crippen molar-refractivity contribution in [3.63, 3.8) is 0 Å². The van der Waals surface area contributed by atoms with Crippen LogP contribution < -0.4 is 5.73 Å². The van der Waals surface area contributed by atoms with Gasteiger partial charge in [0.25, 0.3) is 20.0 Å². The van der Waals surface area contributed by atoms with Crippen molar-refractivity contribution in [1.29, 1.82) is 0 Å². The number of rotatable bonds is 10. The molecule has 0 atom stereocenters. The number of aromatic nitrogens is 6. The molecule has 0 saturated heterocycles. The number of alkyl halides is 2. The lowest BCUT2D eigenvalue weighted by Gasteiger charge is -2.27. The summed E-state index contributed by atoms with van der Waals surface area (Å²) in [6.07, 6.45) is 9.10. The lowest BCUT2D eigenvalue weighted by molar-refractivity contribution is 0.0696. The summed E-state index contributed by atoms with van der Waals surface area (Å²) in [6, 6.07) is 12.4. The maximum atomic E-state index is 13.6. The highest BCUT2D eigenvalue weighted by Gasteiger charge is 2.30. The third-order valence-corrected chi connectivity index (χ3v) is 15.5. The molecule has 4 aromatic heterocycles. The molecule has 0 radical (unpaired) electrons. The van der Waals surface area contributed by atoms with Crippen LogP contribution in [0.5, 0.6) is 0 Å². The molecule has 8 rings (SSSR count). The minimum absolute atomic E-state index is 0.0422. The number of nitrogens with zero attached hydrogens (tertiary/aromatic N) is 6. The fourth-order valence-corrected chi connectivity index (χ4v) is 11.2. The van der Waals surface area contributed by atoms with Crippen molar-refractivity contribution in [2.75, 3.05) is 0 Å². The van der Waals surface area contributed by atoms with Crippen LogP contribution >= 0.6 is 0 Å². The van der Waals surface area contributed by atoms with Crippen molar-refractivity contribution in [2.24, 2.45) is 17.6 Å². The summed E-state index contributed by atoms with van der Waals surface area (Å²) in [5, 5.41) is 9.09. The monoisotopic (exact) mass is 921 g/mol. The van der Waals surface area contributed by atoms with Gasteiger partial charge in [-0.1, -0.05) is 41.5 Å². The number of carboxylic acids is 1. The Hall–Kier alpha value is -5.36. The maximum absolute atomic E-state index is 13.6. The van der Waals surface area contributed by atoms with Gasteiger partial charge in [-0.15, -0.1) is 0 Å². The second-order valence-electron chi connectivity index (χ2n) is 19.3. The Kier molecular flexibility index (Phi) is 12.8. The summed E-state index contributed by atoms with van der Waals surface area (Å²) in [7, 11) is -7.85. The zero-order valence-corrected chi connectivity index (χ0v) is 38.7. The van der Waals surface area contributed by atoms with E-state index in [1.54, 1.807) is 24.3 Å². The molecule has 0 spiro atoms. The summed E-state index contributed by atoms with van der Waals surface area (Å²) < 4.78 is 85.7. The molecule has 2 aliphatic rings. The van der Waals surface area contributed by atoms with Crippen molar-refractivity contribution in [3.8, 4) is 0 Å². The van der Waals surface area contributed by atoms with E-state index in [0.29, 0.717) is 48.6 Å². The van der Waals surface area contributed by atoms with Gasteiger partial charge in [0.05, 0.1) is 43.0 Å². The van der Waals surface area contributed by atoms with Crippen LogP contribution in [0.4, 0.5) is 8.78 Å². The fraction of sp³-hybridized carbons (Fsp3) is 0.478. The molecule has 2 fully saturated rings. The smallest absolute Gasteiger partial charge is 0.337 e. The molecular formula is C46H57F2N7O7S2. The van der Waals surface area contributed by atoms with Crippen LogP contribution in [-0.4, -0.2) is 73.2 Å². The lowest BCUT2D eigenvalue weighted by atomic mass is 9.87. The van der Waals surface area contributed by atoms with Crippen LogP contribution in [0, 0.1) is 11.8 Å². The van der Waals surface area contributed by atoms with E-state index in [-0.39, 0.29) is 31.7 Å². The Labute approximate surface area is 372 Å². The molecule has 64 heavy (non-hydrogen) atoms. The number of hydrogen-bond acceptors (Lipinski definition) is 8. The fourth-order valence-electron chi connectivity index (χ4n) is 8.75. The highest BCUT2D eigenvalue weighted by molar-refractivity contribution is 7.90. The molecule has 3 N–H and O–H groups in total. The predicted octanol–water partition coefficient (Wildman–Crippen LogP) is 8.60. The first-order valence-corrected chi connectivity index (χ1v) is 24.5. The van der Waals surface area contributed by atoms with E-state index in [1.807, 2.05) is 0 Å². The highest BCUT2D eigenvalue weighted by atomic mass is 32.2. The van der Waals surface area contributed by atoms with Crippen LogP contribution in [0.3, 0.4) is 0 Å². The van der Waals surface area contributed by atoms with Gasteiger partial charge >= 0.3 is 5.97 Å². The lowest BCUT2D eigenvalue weighted by Crippen LogP contribution is -2.24. The van der Waals surface area contributed by atoms with Crippen molar-refractivity contribution in [3.05, 3.63) is 96.1 Å². The summed E-state index contributed by atoms with van der Waals surface area (Å²) >= 11 is 0. The zero-order valence-electron chi connectivity index (χ0n) is 37.0. The normalized spacial score (nSPS) is 20.0. The number of carbonyl (C=O) groups excluding carboxylic acids is 1. The number of benzene rings is 2. The average Bonchev–Trinajstić information content (AvgIpc) is 4.05. The number of carbonyl (C=O) groups is 2. The van der Waals surface area contributed by atoms with Crippen molar-refractivity contribution < 1.29 is 40.3 Å². The molecule has 14 nitrogen and oxygen atoms in total. The summed E-state index contributed by atoms with van der Waals surface area (Å²) in [5.41, 5.74) is 7.64. The first-order chi connectivity index (χ1) is 29.9.